The van der Waals surface area contributed by atoms with Crippen LogP contribution in [0.1, 0.15) is 32.3 Å². The van der Waals surface area contributed by atoms with Gasteiger partial charge >= 0.3 is 0 Å². The third-order valence-electron chi connectivity index (χ3n) is 2.77. The topological polar surface area (TPSA) is 72.6 Å². The highest BCUT2D eigenvalue weighted by molar-refractivity contribution is 5.81. The van der Waals surface area contributed by atoms with Gasteiger partial charge in [-0.2, -0.15) is 0 Å². The molecule has 0 bridgehead atoms. The SMILES string of the molecule is CC(C)CC[C@](O)(OCc1ccccc1)C(N)=O. The molecule has 0 aliphatic heterocycles. The molecule has 0 aliphatic rings. The van der Waals surface area contributed by atoms with E-state index < -0.39 is 11.7 Å². The van der Waals surface area contributed by atoms with E-state index in [9.17, 15) is 9.90 Å². The van der Waals surface area contributed by atoms with E-state index >= 15 is 0 Å². The van der Waals surface area contributed by atoms with Gasteiger partial charge in [-0.15, -0.1) is 0 Å². The number of ether oxygens (including phenoxy) is 1. The Morgan fingerprint density at radius 1 is 1.39 bits per heavy atom. The highest BCUT2D eigenvalue weighted by Gasteiger charge is 2.34. The Balaban J connectivity index is 2.60. The number of nitrogens with two attached hydrogens (primary N) is 1. The van der Waals surface area contributed by atoms with Gasteiger partial charge in [0.25, 0.3) is 5.91 Å². The van der Waals surface area contributed by atoms with Crippen LogP contribution in [-0.4, -0.2) is 16.8 Å². The summed E-state index contributed by atoms with van der Waals surface area (Å²) in [6.07, 6.45) is 0.890. The van der Waals surface area contributed by atoms with Gasteiger partial charge in [0, 0.05) is 6.42 Å². The maximum absolute atomic E-state index is 11.3. The van der Waals surface area contributed by atoms with E-state index in [0.717, 1.165) is 5.56 Å². The fraction of sp³-hybridized carbons (Fsp3) is 0.500. The zero-order valence-corrected chi connectivity index (χ0v) is 10.9. The number of hydrogen-bond acceptors (Lipinski definition) is 3. The third-order valence-corrected chi connectivity index (χ3v) is 2.77. The van der Waals surface area contributed by atoms with Crippen LogP contribution in [0.25, 0.3) is 0 Å². The Morgan fingerprint density at radius 2 is 2.00 bits per heavy atom. The van der Waals surface area contributed by atoms with Crippen molar-refractivity contribution in [3.05, 3.63) is 35.9 Å². The molecular formula is C14H21NO3. The average molecular weight is 251 g/mol. The summed E-state index contributed by atoms with van der Waals surface area (Å²) in [6.45, 7) is 4.19. The first-order valence-electron chi connectivity index (χ1n) is 6.14. The number of benzene rings is 1. The zero-order chi connectivity index (χ0) is 13.6. The second kappa shape index (κ2) is 6.52. The number of amides is 1. The van der Waals surface area contributed by atoms with Gasteiger partial charge in [-0.05, 0) is 17.9 Å². The lowest BCUT2D eigenvalue weighted by atomic mass is 10.0. The van der Waals surface area contributed by atoms with E-state index in [4.69, 9.17) is 10.5 Å². The maximum Gasteiger partial charge on any atom is 0.277 e. The van der Waals surface area contributed by atoms with Crippen LogP contribution < -0.4 is 5.73 Å². The van der Waals surface area contributed by atoms with Gasteiger partial charge in [-0.1, -0.05) is 44.2 Å². The van der Waals surface area contributed by atoms with Crippen LogP contribution in [-0.2, 0) is 16.1 Å². The number of rotatable bonds is 7. The fourth-order valence-corrected chi connectivity index (χ4v) is 1.53. The molecule has 0 aromatic heterocycles. The van der Waals surface area contributed by atoms with E-state index in [1.54, 1.807) is 0 Å². The van der Waals surface area contributed by atoms with Crippen LogP contribution in [0.2, 0.25) is 0 Å². The lowest BCUT2D eigenvalue weighted by molar-refractivity contribution is -0.213. The standard InChI is InChI=1S/C14H21NO3/c1-11(2)8-9-14(17,13(15)16)18-10-12-6-4-3-5-7-12/h3-7,11,17H,8-10H2,1-2H3,(H2,15,16)/t14-/m0/s1. The quantitative estimate of drug-likeness (QED) is 0.726. The van der Waals surface area contributed by atoms with E-state index in [1.165, 1.54) is 0 Å². The van der Waals surface area contributed by atoms with Crippen molar-refractivity contribution in [2.24, 2.45) is 11.7 Å². The van der Waals surface area contributed by atoms with E-state index in [0.29, 0.717) is 12.3 Å². The number of carbonyl (C=O) groups is 1. The van der Waals surface area contributed by atoms with E-state index in [-0.39, 0.29) is 13.0 Å². The van der Waals surface area contributed by atoms with Gasteiger partial charge < -0.3 is 15.6 Å². The molecule has 1 aromatic carbocycles. The first kappa shape index (κ1) is 14.7. The summed E-state index contributed by atoms with van der Waals surface area (Å²) < 4.78 is 5.31. The highest BCUT2D eigenvalue weighted by Crippen LogP contribution is 2.20. The van der Waals surface area contributed by atoms with Crippen LogP contribution in [0, 0.1) is 5.92 Å². The molecular weight excluding hydrogens is 230 g/mol. The Hall–Kier alpha value is -1.39. The second-order valence-electron chi connectivity index (χ2n) is 4.86. The maximum atomic E-state index is 11.3. The summed E-state index contributed by atoms with van der Waals surface area (Å²) in [6, 6.07) is 9.36. The molecule has 0 radical (unpaired) electrons. The molecule has 0 unspecified atom stereocenters. The lowest BCUT2D eigenvalue weighted by Gasteiger charge is -2.25. The first-order chi connectivity index (χ1) is 8.44. The zero-order valence-electron chi connectivity index (χ0n) is 10.9. The fourth-order valence-electron chi connectivity index (χ4n) is 1.53. The Kier molecular flexibility index (Phi) is 5.31. The molecule has 1 atom stereocenters. The average Bonchev–Trinajstić information content (AvgIpc) is 2.35. The number of aliphatic hydroxyl groups is 1. The monoisotopic (exact) mass is 251 g/mol. The van der Waals surface area contributed by atoms with Gasteiger partial charge in [-0.25, -0.2) is 0 Å². The van der Waals surface area contributed by atoms with Crippen LogP contribution in [0.5, 0.6) is 0 Å². The molecule has 0 spiro atoms. The molecule has 0 heterocycles. The molecule has 100 valence electrons. The van der Waals surface area contributed by atoms with Crippen LogP contribution >= 0.6 is 0 Å². The van der Waals surface area contributed by atoms with Crippen molar-refractivity contribution in [3.63, 3.8) is 0 Å². The number of primary amides is 1. The molecule has 0 saturated carbocycles. The largest absolute Gasteiger partial charge is 0.365 e. The highest BCUT2D eigenvalue weighted by atomic mass is 16.6. The van der Waals surface area contributed by atoms with Crippen molar-refractivity contribution >= 4 is 5.91 Å². The minimum atomic E-state index is -1.87. The minimum absolute atomic E-state index is 0.165. The first-order valence-corrected chi connectivity index (χ1v) is 6.14. The Labute approximate surface area is 108 Å². The third kappa shape index (κ3) is 4.47. The van der Waals surface area contributed by atoms with Gasteiger partial charge in [-0.3, -0.25) is 4.79 Å². The smallest absolute Gasteiger partial charge is 0.277 e. The summed E-state index contributed by atoms with van der Waals surface area (Å²) >= 11 is 0. The number of carbonyl (C=O) groups excluding carboxylic acids is 1. The lowest BCUT2D eigenvalue weighted by Crippen LogP contribution is -2.46. The van der Waals surface area contributed by atoms with Gasteiger partial charge in [0.2, 0.25) is 5.79 Å². The number of hydrogen-bond donors (Lipinski definition) is 2. The van der Waals surface area contributed by atoms with Crippen LogP contribution in [0.3, 0.4) is 0 Å². The molecule has 0 aliphatic carbocycles. The van der Waals surface area contributed by atoms with Crippen LogP contribution in [0.15, 0.2) is 30.3 Å². The molecule has 1 amide bonds. The summed E-state index contributed by atoms with van der Waals surface area (Å²) in [4.78, 5) is 11.3. The van der Waals surface area contributed by atoms with Gasteiger partial charge in [0.15, 0.2) is 0 Å². The molecule has 3 N–H and O–H groups in total. The van der Waals surface area contributed by atoms with Crippen LogP contribution in [0.4, 0.5) is 0 Å². The van der Waals surface area contributed by atoms with Crippen molar-refractivity contribution in [2.45, 2.75) is 39.1 Å². The Morgan fingerprint density at radius 3 is 2.50 bits per heavy atom. The summed E-state index contributed by atoms with van der Waals surface area (Å²) in [7, 11) is 0. The van der Waals surface area contributed by atoms with Gasteiger partial charge in [0.1, 0.15) is 0 Å². The molecule has 4 nitrogen and oxygen atoms in total. The normalized spacial score (nSPS) is 14.4. The van der Waals surface area contributed by atoms with E-state index in [1.807, 2.05) is 44.2 Å². The molecule has 0 saturated heterocycles. The van der Waals surface area contributed by atoms with Crippen molar-refractivity contribution < 1.29 is 14.6 Å². The summed E-state index contributed by atoms with van der Waals surface area (Å²) in [5, 5.41) is 10.1. The van der Waals surface area contributed by atoms with Gasteiger partial charge in [0.05, 0.1) is 6.61 Å². The summed E-state index contributed by atoms with van der Waals surface area (Å²) in [5.41, 5.74) is 6.10. The predicted octanol–water partition coefficient (Wildman–Crippen LogP) is 1.81. The predicted molar refractivity (Wildman–Crippen MR) is 69.4 cm³/mol. The van der Waals surface area contributed by atoms with Crippen molar-refractivity contribution in [2.75, 3.05) is 0 Å². The molecule has 4 heteroatoms. The molecule has 1 aromatic rings. The molecule has 18 heavy (non-hydrogen) atoms. The summed E-state index contributed by atoms with van der Waals surface area (Å²) in [5.74, 6) is -2.34. The minimum Gasteiger partial charge on any atom is -0.365 e. The van der Waals surface area contributed by atoms with E-state index in [2.05, 4.69) is 0 Å². The van der Waals surface area contributed by atoms with Crippen molar-refractivity contribution in [1.29, 1.82) is 0 Å². The van der Waals surface area contributed by atoms with Crippen molar-refractivity contribution in [1.82, 2.24) is 0 Å². The second-order valence-corrected chi connectivity index (χ2v) is 4.86. The Bertz CT molecular complexity index is 378. The molecule has 1 rings (SSSR count). The molecule has 0 fully saturated rings. The van der Waals surface area contributed by atoms with Crippen molar-refractivity contribution in [3.8, 4) is 0 Å².